The Bertz CT molecular complexity index is 818. The average Bonchev–Trinajstić information content (AvgIpc) is 2.91. The second-order valence-electron chi connectivity index (χ2n) is 5.00. The van der Waals surface area contributed by atoms with Crippen molar-refractivity contribution in [2.24, 2.45) is 0 Å². The second kappa shape index (κ2) is 4.77. The first-order valence-corrected chi connectivity index (χ1v) is 6.57. The van der Waals surface area contributed by atoms with Gasteiger partial charge in [-0.25, -0.2) is 4.39 Å². The third-order valence-electron chi connectivity index (χ3n) is 3.62. The number of aromatic nitrogens is 1. The van der Waals surface area contributed by atoms with E-state index in [1.54, 1.807) is 12.1 Å². The first-order valence-electron chi connectivity index (χ1n) is 6.57. The molecule has 1 aromatic carbocycles. The van der Waals surface area contributed by atoms with Crippen LogP contribution >= 0.6 is 0 Å². The highest BCUT2D eigenvalue weighted by atomic mass is 19.1. The van der Waals surface area contributed by atoms with Crippen molar-refractivity contribution >= 4 is 5.82 Å². The molecular weight excluding hydrogens is 271 g/mol. The molecule has 0 fully saturated rings. The normalized spacial score (nSPS) is 11.0. The van der Waals surface area contributed by atoms with Crippen LogP contribution in [0.15, 0.2) is 33.2 Å². The Labute approximate surface area is 121 Å². The van der Waals surface area contributed by atoms with Crippen LogP contribution in [-0.4, -0.2) is 5.16 Å². The van der Waals surface area contributed by atoms with Gasteiger partial charge in [0.2, 0.25) is 0 Å². The van der Waals surface area contributed by atoms with E-state index < -0.39 is 0 Å². The van der Waals surface area contributed by atoms with Gasteiger partial charge in [0.15, 0.2) is 11.6 Å². The lowest BCUT2D eigenvalue weighted by molar-refractivity contribution is 0.434. The standard InChI is InChI=1S/C16H15FN2O2/c1-8-9(2)20-10(3)13(8)15-14(16(18)19-21-15)11-5-4-6-12(17)7-11/h4-7H,1-3H3,(H2,18,19). The Morgan fingerprint density at radius 2 is 1.86 bits per heavy atom. The topological polar surface area (TPSA) is 65.2 Å². The second-order valence-corrected chi connectivity index (χ2v) is 5.00. The van der Waals surface area contributed by atoms with Gasteiger partial charge in [-0.3, -0.25) is 0 Å². The predicted octanol–water partition coefficient (Wildman–Crippen LogP) is 4.25. The zero-order valence-electron chi connectivity index (χ0n) is 12.0. The molecule has 0 radical (unpaired) electrons. The quantitative estimate of drug-likeness (QED) is 0.765. The number of hydrogen-bond acceptors (Lipinski definition) is 4. The summed E-state index contributed by atoms with van der Waals surface area (Å²) in [5.41, 5.74) is 8.90. The summed E-state index contributed by atoms with van der Waals surface area (Å²) < 4.78 is 24.5. The highest BCUT2D eigenvalue weighted by Crippen LogP contribution is 2.41. The number of nitrogen functional groups attached to an aromatic ring is 1. The van der Waals surface area contributed by atoms with Gasteiger partial charge in [0.1, 0.15) is 17.3 Å². The monoisotopic (exact) mass is 286 g/mol. The summed E-state index contributed by atoms with van der Waals surface area (Å²) in [7, 11) is 0. The summed E-state index contributed by atoms with van der Waals surface area (Å²) in [4.78, 5) is 0. The number of furan rings is 1. The fraction of sp³-hybridized carbons (Fsp3) is 0.188. The fourth-order valence-electron chi connectivity index (χ4n) is 2.52. The lowest BCUT2D eigenvalue weighted by atomic mass is 9.99. The summed E-state index contributed by atoms with van der Waals surface area (Å²) in [6.07, 6.45) is 0. The zero-order chi connectivity index (χ0) is 15.1. The van der Waals surface area contributed by atoms with Crippen LogP contribution in [0.2, 0.25) is 0 Å². The van der Waals surface area contributed by atoms with Crippen molar-refractivity contribution in [2.75, 3.05) is 5.73 Å². The maximum atomic E-state index is 13.5. The van der Waals surface area contributed by atoms with Crippen LogP contribution in [-0.2, 0) is 0 Å². The van der Waals surface area contributed by atoms with Gasteiger partial charge < -0.3 is 14.7 Å². The highest BCUT2D eigenvalue weighted by Gasteiger charge is 2.24. The number of anilines is 1. The van der Waals surface area contributed by atoms with E-state index in [-0.39, 0.29) is 11.6 Å². The Hall–Kier alpha value is -2.56. The van der Waals surface area contributed by atoms with E-state index in [0.29, 0.717) is 16.9 Å². The Morgan fingerprint density at radius 1 is 1.10 bits per heavy atom. The molecule has 0 saturated heterocycles. The molecule has 0 aliphatic heterocycles. The van der Waals surface area contributed by atoms with Crippen LogP contribution < -0.4 is 5.73 Å². The third-order valence-corrected chi connectivity index (χ3v) is 3.62. The molecule has 0 unspecified atom stereocenters. The third kappa shape index (κ3) is 2.11. The molecule has 2 heterocycles. The number of rotatable bonds is 2. The molecule has 0 bridgehead atoms. The van der Waals surface area contributed by atoms with Gasteiger partial charge >= 0.3 is 0 Å². The number of nitrogens with two attached hydrogens (primary N) is 1. The van der Waals surface area contributed by atoms with Crippen LogP contribution in [0.25, 0.3) is 22.5 Å². The van der Waals surface area contributed by atoms with E-state index in [9.17, 15) is 4.39 Å². The molecule has 21 heavy (non-hydrogen) atoms. The maximum Gasteiger partial charge on any atom is 0.180 e. The molecule has 0 spiro atoms. The molecular formula is C16H15FN2O2. The summed E-state index contributed by atoms with van der Waals surface area (Å²) in [5.74, 6) is 1.93. The van der Waals surface area contributed by atoms with Crippen LogP contribution in [0.1, 0.15) is 17.1 Å². The molecule has 0 atom stereocenters. The van der Waals surface area contributed by atoms with Gasteiger partial charge in [-0.15, -0.1) is 0 Å². The Kier molecular flexibility index (Phi) is 3.05. The highest BCUT2D eigenvalue weighted by molar-refractivity contribution is 5.88. The summed E-state index contributed by atoms with van der Waals surface area (Å²) in [6.45, 7) is 5.67. The number of hydrogen-bond donors (Lipinski definition) is 1. The molecule has 0 amide bonds. The molecule has 5 heteroatoms. The first-order chi connectivity index (χ1) is 9.99. The number of benzene rings is 1. The number of halogens is 1. The van der Waals surface area contributed by atoms with Gasteiger partial charge in [0.25, 0.3) is 0 Å². The van der Waals surface area contributed by atoms with E-state index in [2.05, 4.69) is 5.16 Å². The summed E-state index contributed by atoms with van der Waals surface area (Å²) in [6, 6.07) is 6.18. The van der Waals surface area contributed by atoms with Crippen LogP contribution in [0, 0.1) is 26.6 Å². The van der Waals surface area contributed by atoms with Crippen LogP contribution in [0.4, 0.5) is 10.2 Å². The van der Waals surface area contributed by atoms with Gasteiger partial charge in [-0.1, -0.05) is 17.3 Å². The van der Waals surface area contributed by atoms with Crippen molar-refractivity contribution in [3.05, 3.63) is 47.2 Å². The molecule has 0 aliphatic carbocycles. The van der Waals surface area contributed by atoms with E-state index in [4.69, 9.17) is 14.7 Å². The summed E-state index contributed by atoms with van der Waals surface area (Å²) >= 11 is 0. The van der Waals surface area contributed by atoms with E-state index >= 15 is 0 Å². The SMILES string of the molecule is Cc1oc(C)c(-c2onc(N)c2-c2cccc(F)c2)c1C. The van der Waals surface area contributed by atoms with Crippen molar-refractivity contribution in [1.29, 1.82) is 0 Å². The largest absolute Gasteiger partial charge is 0.466 e. The molecule has 3 rings (SSSR count). The van der Waals surface area contributed by atoms with E-state index in [0.717, 1.165) is 22.6 Å². The fourth-order valence-corrected chi connectivity index (χ4v) is 2.52. The Balaban J connectivity index is 2.27. The lowest BCUT2D eigenvalue weighted by Crippen LogP contribution is -1.90. The number of aryl methyl sites for hydroxylation is 2. The first kappa shape index (κ1) is 13.4. The number of nitrogens with zero attached hydrogens (tertiary/aromatic N) is 1. The predicted molar refractivity (Wildman–Crippen MR) is 78.2 cm³/mol. The van der Waals surface area contributed by atoms with Gasteiger partial charge in [0, 0.05) is 5.56 Å². The molecule has 0 aliphatic rings. The van der Waals surface area contributed by atoms with Gasteiger partial charge in [0.05, 0.1) is 11.1 Å². The average molecular weight is 286 g/mol. The van der Waals surface area contributed by atoms with Crippen LogP contribution in [0.3, 0.4) is 0 Å². The minimum absolute atomic E-state index is 0.230. The molecule has 4 nitrogen and oxygen atoms in total. The zero-order valence-corrected chi connectivity index (χ0v) is 12.0. The lowest BCUT2D eigenvalue weighted by Gasteiger charge is -2.03. The molecule has 3 aromatic rings. The summed E-state index contributed by atoms with van der Waals surface area (Å²) in [5, 5.41) is 3.83. The molecule has 2 N–H and O–H groups in total. The molecule has 108 valence electrons. The van der Waals surface area contributed by atoms with Gasteiger partial charge in [-0.2, -0.15) is 0 Å². The van der Waals surface area contributed by atoms with Crippen molar-refractivity contribution in [3.8, 4) is 22.5 Å². The van der Waals surface area contributed by atoms with Crippen molar-refractivity contribution in [2.45, 2.75) is 20.8 Å². The van der Waals surface area contributed by atoms with Crippen molar-refractivity contribution in [3.63, 3.8) is 0 Å². The molecule has 0 saturated carbocycles. The minimum atomic E-state index is -0.337. The van der Waals surface area contributed by atoms with Crippen molar-refractivity contribution in [1.82, 2.24) is 5.16 Å². The smallest absolute Gasteiger partial charge is 0.180 e. The van der Waals surface area contributed by atoms with Gasteiger partial charge in [-0.05, 0) is 38.5 Å². The molecule has 2 aromatic heterocycles. The minimum Gasteiger partial charge on any atom is -0.466 e. The Morgan fingerprint density at radius 3 is 2.48 bits per heavy atom. The van der Waals surface area contributed by atoms with Crippen molar-refractivity contribution < 1.29 is 13.3 Å². The van der Waals surface area contributed by atoms with Crippen LogP contribution in [0.5, 0.6) is 0 Å². The maximum absolute atomic E-state index is 13.5. The van der Waals surface area contributed by atoms with E-state index in [1.807, 2.05) is 20.8 Å². The van der Waals surface area contributed by atoms with E-state index in [1.165, 1.54) is 12.1 Å².